The molecule has 0 aliphatic carbocycles. The van der Waals surface area contributed by atoms with Crippen LogP contribution >= 0.6 is 27.7 Å². The average Bonchev–Trinajstić information content (AvgIpc) is 2.64. The molecule has 0 radical (unpaired) electrons. The van der Waals surface area contributed by atoms with Crippen molar-refractivity contribution in [3.63, 3.8) is 0 Å². The van der Waals surface area contributed by atoms with Crippen molar-refractivity contribution in [2.75, 3.05) is 17.7 Å². The predicted octanol–water partition coefficient (Wildman–Crippen LogP) is 5.28. The van der Waals surface area contributed by atoms with Gasteiger partial charge in [-0.15, -0.1) is 11.8 Å². The maximum absolute atomic E-state index is 12.0. The number of hydrogen-bond donors (Lipinski definition) is 1. The number of ether oxygens (including phenoxy) is 1. The van der Waals surface area contributed by atoms with Crippen LogP contribution in [0.4, 0.5) is 5.69 Å². The quantitative estimate of drug-likeness (QED) is 0.429. The Morgan fingerprint density at radius 2 is 1.85 bits per heavy atom. The third-order valence-electron chi connectivity index (χ3n) is 3.58. The first-order chi connectivity index (χ1) is 12.6. The summed E-state index contributed by atoms with van der Waals surface area (Å²) in [6, 6.07) is 14.7. The first-order valence-corrected chi connectivity index (χ1v) is 10.4. The van der Waals surface area contributed by atoms with Gasteiger partial charge in [-0.3, -0.25) is 4.79 Å². The molecule has 0 spiro atoms. The van der Waals surface area contributed by atoms with E-state index in [0.717, 1.165) is 28.6 Å². The molecule has 1 N–H and O–H groups in total. The van der Waals surface area contributed by atoms with Crippen LogP contribution in [0.25, 0.3) is 0 Å². The van der Waals surface area contributed by atoms with Gasteiger partial charge < -0.3 is 10.1 Å². The van der Waals surface area contributed by atoms with Gasteiger partial charge in [0.05, 0.1) is 17.9 Å². The lowest BCUT2D eigenvalue weighted by Crippen LogP contribution is -2.14. The number of hydrogen-bond acceptors (Lipinski definition) is 4. The molecule has 2 rings (SSSR count). The van der Waals surface area contributed by atoms with Gasteiger partial charge in [0.2, 0.25) is 5.91 Å². The van der Waals surface area contributed by atoms with Crippen LogP contribution in [0.2, 0.25) is 0 Å². The third-order valence-corrected chi connectivity index (χ3v) is 5.34. The fourth-order valence-corrected chi connectivity index (χ4v) is 3.59. The SMILES string of the molecule is CCCCOC(=O)c1ccc(NC(=O)CSCc2ccccc2Br)cc1. The number of thioether (sulfide) groups is 1. The van der Waals surface area contributed by atoms with Crippen molar-refractivity contribution in [3.8, 4) is 0 Å². The van der Waals surface area contributed by atoms with Crippen molar-refractivity contribution >= 4 is 45.3 Å². The number of carbonyl (C=O) groups is 2. The van der Waals surface area contributed by atoms with Gasteiger partial charge in [0, 0.05) is 15.9 Å². The van der Waals surface area contributed by atoms with Crippen molar-refractivity contribution in [2.24, 2.45) is 0 Å². The van der Waals surface area contributed by atoms with E-state index in [1.165, 1.54) is 0 Å². The van der Waals surface area contributed by atoms with Crippen LogP contribution in [0, 0.1) is 0 Å². The second-order valence-electron chi connectivity index (χ2n) is 5.70. The summed E-state index contributed by atoms with van der Waals surface area (Å²) in [5.74, 6) is 0.722. The predicted molar refractivity (Wildman–Crippen MR) is 111 cm³/mol. The molecule has 0 aromatic heterocycles. The van der Waals surface area contributed by atoms with Gasteiger partial charge >= 0.3 is 5.97 Å². The van der Waals surface area contributed by atoms with Gasteiger partial charge in [-0.05, 0) is 42.3 Å². The minimum absolute atomic E-state index is 0.0691. The summed E-state index contributed by atoms with van der Waals surface area (Å²) in [5, 5.41) is 2.84. The molecule has 0 atom stereocenters. The van der Waals surface area contributed by atoms with Gasteiger partial charge in [0.25, 0.3) is 0 Å². The number of nitrogens with one attached hydrogen (secondary N) is 1. The summed E-state index contributed by atoms with van der Waals surface area (Å²) in [6.07, 6.45) is 1.84. The number of amides is 1. The average molecular weight is 436 g/mol. The molecule has 0 bridgehead atoms. The van der Waals surface area contributed by atoms with Gasteiger partial charge in [-0.2, -0.15) is 0 Å². The molecule has 0 aliphatic rings. The highest BCUT2D eigenvalue weighted by Gasteiger charge is 2.08. The van der Waals surface area contributed by atoms with E-state index in [0.29, 0.717) is 23.6 Å². The Kier molecular flexibility index (Phi) is 8.71. The Bertz CT molecular complexity index is 734. The maximum atomic E-state index is 12.0. The minimum atomic E-state index is -0.333. The summed E-state index contributed by atoms with van der Waals surface area (Å²) >= 11 is 5.05. The highest BCUT2D eigenvalue weighted by atomic mass is 79.9. The first kappa shape index (κ1) is 20.5. The second kappa shape index (κ2) is 11.0. The Hall–Kier alpha value is -1.79. The van der Waals surface area contributed by atoms with E-state index in [2.05, 4.69) is 21.2 Å². The van der Waals surface area contributed by atoms with E-state index in [-0.39, 0.29) is 11.9 Å². The van der Waals surface area contributed by atoms with Gasteiger partial charge in [0.15, 0.2) is 0 Å². The molecule has 138 valence electrons. The van der Waals surface area contributed by atoms with E-state index in [1.807, 2.05) is 31.2 Å². The fourth-order valence-electron chi connectivity index (χ4n) is 2.15. The maximum Gasteiger partial charge on any atom is 0.338 e. The lowest BCUT2D eigenvalue weighted by Gasteiger charge is -2.08. The van der Waals surface area contributed by atoms with Crippen molar-refractivity contribution in [1.82, 2.24) is 0 Å². The smallest absolute Gasteiger partial charge is 0.338 e. The van der Waals surface area contributed by atoms with Gasteiger partial charge in [-0.1, -0.05) is 47.5 Å². The minimum Gasteiger partial charge on any atom is -0.462 e. The van der Waals surface area contributed by atoms with E-state index in [4.69, 9.17) is 4.74 Å². The Morgan fingerprint density at radius 3 is 2.54 bits per heavy atom. The van der Waals surface area contributed by atoms with Crippen molar-refractivity contribution in [3.05, 3.63) is 64.1 Å². The van der Waals surface area contributed by atoms with E-state index in [9.17, 15) is 9.59 Å². The Labute approximate surface area is 166 Å². The molecule has 0 saturated carbocycles. The standard InChI is InChI=1S/C20H22BrNO3S/c1-2-3-12-25-20(24)15-8-10-17(11-9-15)22-19(23)14-26-13-16-6-4-5-7-18(16)21/h4-11H,2-3,12-14H2,1H3,(H,22,23). The number of benzene rings is 2. The Balaban J connectivity index is 1.76. The molecular weight excluding hydrogens is 414 g/mol. The number of rotatable bonds is 9. The number of unbranched alkanes of at least 4 members (excludes halogenated alkanes) is 1. The first-order valence-electron chi connectivity index (χ1n) is 8.48. The normalized spacial score (nSPS) is 10.4. The summed E-state index contributed by atoms with van der Waals surface area (Å²) in [5.41, 5.74) is 2.32. The van der Waals surface area contributed by atoms with Crippen LogP contribution in [0.15, 0.2) is 53.0 Å². The van der Waals surface area contributed by atoms with Gasteiger partial charge in [0.1, 0.15) is 0 Å². The number of anilines is 1. The van der Waals surface area contributed by atoms with Gasteiger partial charge in [-0.25, -0.2) is 4.79 Å². The number of halogens is 1. The zero-order valence-corrected chi connectivity index (χ0v) is 17.1. The van der Waals surface area contributed by atoms with E-state index in [1.54, 1.807) is 36.0 Å². The largest absolute Gasteiger partial charge is 0.462 e. The van der Waals surface area contributed by atoms with Crippen molar-refractivity contribution in [1.29, 1.82) is 0 Å². The molecule has 26 heavy (non-hydrogen) atoms. The monoisotopic (exact) mass is 435 g/mol. The zero-order valence-electron chi connectivity index (χ0n) is 14.7. The number of esters is 1. The highest BCUT2D eigenvalue weighted by Crippen LogP contribution is 2.21. The summed E-state index contributed by atoms with van der Waals surface area (Å²) in [4.78, 5) is 23.9. The summed E-state index contributed by atoms with van der Waals surface area (Å²) in [7, 11) is 0. The molecule has 1 amide bonds. The van der Waals surface area contributed by atoms with Crippen LogP contribution in [-0.4, -0.2) is 24.2 Å². The van der Waals surface area contributed by atoms with Crippen LogP contribution in [-0.2, 0) is 15.3 Å². The second-order valence-corrected chi connectivity index (χ2v) is 7.54. The molecule has 0 heterocycles. The summed E-state index contributed by atoms with van der Waals surface area (Å²) in [6.45, 7) is 2.48. The molecule has 0 aliphatic heterocycles. The van der Waals surface area contributed by atoms with Crippen LogP contribution in [0.5, 0.6) is 0 Å². The molecule has 0 saturated heterocycles. The van der Waals surface area contributed by atoms with Crippen LogP contribution in [0.1, 0.15) is 35.7 Å². The van der Waals surface area contributed by atoms with Crippen LogP contribution < -0.4 is 5.32 Å². The lowest BCUT2D eigenvalue weighted by molar-refractivity contribution is -0.113. The molecule has 4 nitrogen and oxygen atoms in total. The zero-order chi connectivity index (χ0) is 18.8. The highest BCUT2D eigenvalue weighted by molar-refractivity contribution is 9.10. The van der Waals surface area contributed by atoms with E-state index >= 15 is 0 Å². The topological polar surface area (TPSA) is 55.4 Å². The third kappa shape index (κ3) is 6.84. The lowest BCUT2D eigenvalue weighted by atomic mass is 10.2. The molecule has 2 aromatic carbocycles. The Morgan fingerprint density at radius 1 is 1.12 bits per heavy atom. The molecular formula is C20H22BrNO3S. The molecule has 0 fully saturated rings. The molecule has 6 heteroatoms. The number of carbonyl (C=O) groups excluding carboxylic acids is 2. The fraction of sp³-hybridized carbons (Fsp3) is 0.300. The van der Waals surface area contributed by atoms with Crippen molar-refractivity contribution < 1.29 is 14.3 Å². The van der Waals surface area contributed by atoms with Crippen molar-refractivity contribution in [2.45, 2.75) is 25.5 Å². The van der Waals surface area contributed by atoms with Crippen LogP contribution in [0.3, 0.4) is 0 Å². The summed E-state index contributed by atoms with van der Waals surface area (Å²) < 4.78 is 6.21. The molecule has 0 unspecified atom stereocenters. The van der Waals surface area contributed by atoms with E-state index < -0.39 is 0 Å². The molecule has 2 aromatic rings.